The van der Waals surface area contributed by atoms with Crippen LogP contribution in [0.3, 0.4) is 0 Å². The molecule has 1 aliphatic rings. The third kappa shape index (κ3) is 3.48. The SMILES string of the molecule is C[C@H](NC(=O)N1CCC(C)(C#N)CC1)c1ccc(O)c(F)c1. The van der Waals surface area contributed by atoms with Crippen molar-refractivity contribution >= 4 is 6.03 Å². The first-order chi connectivity index (χ1) is 10.3. The van der Waals surface area contributed by atoms with Gasteiger partial charge in [-0.25, -0.2) is 9.18 Å². The largest absolute Gasteiger partial charge is 0.505 e. The molecule has 2 amide bonds. The van der Waals surface area contributed by atoms with Gasteiger partial charge < -0.3 is 15.3 Å². The summed E-state index contributed by atoms with van der Waals surface area (Å²) in [5.41, 5.74) is 0.227. The number of halogens is 1. The molecule has 0 aliphatic carbocycles. The zero-order valence-electron chi connectivity index (χ0n) is 12.8. The van der Waals surface area contributed by atoms with E-state index in [0.717, 1.165) is 0 Å². The standard InChI is InChI=1S/C16H20FN3O2/c1-11(12-3-4-14(21)13(17)9-12)19-15(22)20-7-5-16(2,10-18)6-8-20/h3-4,9,11,21H,5-8H2,1-2H3,(H,19,22)/t11-/m0/s1. The van der Waals surface area contributed by atoms with Gasteiger partial charge in [-0.1, -0.05) is 6.07 Å². The number of urea groups is 1. The van der Waals surface area contributed by atoms with Crippen LogP contribution in [0.15, 0.2) is 18.2 Å². The highest BCUT2D eigenvalue weighted by atomic mass is 19.1. The summed E-state index contributed by atoms with van der Waals surface area (Å²) in [5, 5.41) is 21.1. The number of phenolic OH excluding ortho intramolecular Hbond substituents is 1. The predicted molar refractivity (Wildman–Crippen MR) is 79.5 cm³/mol. The summed E-state index contributed by atoms with van der Waals surface area (Å²) in [5.74, 6) is -1.12. The van der Waals surface area contributed by atoms with E-state index in [-0.39, 0.29) is 17.5 Å². The van der Waals surface area contributed by atoms with Crippen molar-refractivity contribution in [1.82, 2.24) is 10.2 Å². The lowest BCUT2D eigenvalue weighted by Crippen LogP contribution is -2.47. The maximum absolute atomic E-state index is 13.4. The van der Waals surface area contributed by atoms with E-state index >= 15 is 0 Å². The summed E-state index contributed by atoms with van der Waals surface area (Å²) in [6.07, 6.45) is 1.30. The van der Waals surface area contributed by atoms with Gasteiger partial charge in [-0.2, -0.15) is 5.26 Å². The second-order valence-corrected chi connectivity index (χ2v) is 6.04. The quantitative estimate of drug-likeness (QED) is 0.882. The molecule has 1 fully saturated rings. The molecule has 1 aromatic carbocycles. The van der Waals surface area contributed by atoms with E-state index < -0.39 is 11.6 Å². The van der Waals surface area contributed by atoms with Gasteiger partial charge in [-0.15, -0.1) is 0 Å². The molecular formula is C16H20FN3O2. The number of nitrogens with one attached hydrogen (secondary N) is 1. The Labute approximate surface area is 129 Å². The summed E-state index contributed by atoms with van der Waals surface area (Å²) < 4.78 is 13.4. The number of nitriles is 1. The zero-order valence-corrected chi connectivity index (χ0v) is 12.8. The Kier molecular flexibility index (Phi) is 4.55. The van der Waals surface area contributed by atoms with E-state index in [9.17, 15) is 14.3 Å². The van der Waals surface area contributed by atoms with Gasteiger partial charge in [0, 0.05) is 13.1 Å². The molecule has 6 heteroatoms. The number of phenols is 1. The molecule has 0 radical (unpaired) electrons. The molecule has 1 atom stereocenters. The Morgan fingerprint density at radius 3 is 2.68 bits per heavy atom. The lowest BCUT2D eigenvalue weighted by Gasteiger charge is -2.35. The van der Waals surface area contributed by atoms with E-state index in [1.54, 1.807) is 17.9 Å². The van der Waals surface area contributed by atoms with Crippen molar-refractivity contribution in [3.8, 4) is 11.8 Å². The smallest absolute Gasteiger partial charge is 0.317 e. The monoisotopic (exact) mass is 305 g/mol. The molecular weight excluding hydrogens is 285 g/mol. The van der Waals surface area contributed by atoms with Gasteiger partial charge in [0.25, 0.3) is 0 Å². The number of benzene rings is 1. The molecule has 0 saturated carbocycles. The Hall–Kier alpha value is -2.29. The fraction of sp³-hybridized carbons (Fsp3) is 0.500. The molecule has 22 heavy (non-hydrogen) atoms. The molecule has 1 aliphatic heterocycles. The van der Waals surface area contributed by atoms with Crippen LogP contribution < -0.4 is 5.32 Å². The number of piperidine rings is 1. The zero-order chi connectivity index (χ0) is 16.3. The van der Waals surface area contributed by atoms with Gasteiger partial charge in [0.05, 0.1) is 17.5 Å². The van der Waals surface area contributed by atoms with E-state index in [1.165, 1.54) is 12.1 Å². The van der Waals surface area contributed by atoms with E-state index in [4.69, 9.17) is 5.26 Å². The van der Waals surface area contributed by atoms with Crippen molar-refractivity contribution in [2.45, 2.75) is 32.7 Å². The van der Waals surface area contributed by atoms with Gasteiger partial charge in [-0.3, -0.25) is 0 Å². The lowest BCUT2D eigenvalue weighted by molar-refractivity contribution is 0.154. The first-order valence-corrected chi connectivity index (χ1v) is 7.30. The minimum absolute atomic E-state index is 0.221. The number of amides is 2. The number of nitrogens with zero attached hydrogens (tertiary/aromatic N) is 2. The van der Waals surface area contributed by atoms with E-state index in [0.29, 0.717) is 31.5 Å². The summed E-state index contributed by atoms with van der Waals surface area (Å²) in [4.78, 5) is 13.9. The van der Waals surface area contributed by atoms with E-state index in [1.807, 2.05) is 6.92 Å². The fourth-order valence-electron chi connectivity index (χ4n) is 2.47. The van der Waals surface area contributed by atoms with Gasteiger partial charge in [-0.05, 0) is 44.4 Å². The Morgan fingerprint density at radius 2 is 2.14 bits per heavy atom. The van der Waals surface area contributed by atoms with Crippen LogP contribution >= 0.6 is 0 Å². The van der Waals surface area contributed by atoms with Crippen LogP contribution in [0.2, 0.25) is 0 Å². The summed E-state index contributed by atoms with van der Waals surface area (Å²) >= 11 is 0. The second kappa shape index (κ2) is 6.22. The molecule has 118 valence electrons. The van der Waals surface area contributed by atoms with Crippen LogP contribution in [-0.2, 0) is 0 Å². The maximum Gasteiger partial charge on any atom is 0.317 e. The first-order valence-electron chi connectivity index (χ1n) is 7.30. The van der Waals surface area contributed by atoms with Crippen molar-refractivity contribution in [1.29, 1.82) is 5.26 Å². The molecule has 0 unspecified atom stereocenters. The van der Waals surface area contributed by atoms with Crippen molar-refractivity contribution in [3.63, 3.8) is 0 Å². The second-order valence-electron chi connectivity index (χ2n) is 6.04. The molecule has 2 N–H and O–H groups in total. The topological polar surface area (TPSA) is 76.4 Å². The van der Waals surface area contributed by atoms with Crippen LogP contribution in [-0.4, -0.2) is 29.1 Å². The number of hydrogen-bond acceptors (Lipinski definition) is 3. The Bertz CT molecular complexity index is 604. The highest BCUT2D eigenvalue weighted by molar-refractivity contribution is 5.74. The lowest BCUT2D eigenvalue weighted by atomic mass is 9.82. The summed E-state index contributed by atoms with van der Waals surface area (Å²) in [7, 11) is 0. The molecule has 1 aromatic rings. The number of hydrogen-bond donors (Lipinski definition) is 2. The molecule has 0 aromatic heterocycles. The van der Waals surface area contributed by atoms with Gasteiger partial charge >= 0.3 is 6.03 Å². The number of rotatable bonds is 2. The van der Waals surface area contributed by atoms with Crippen LogP contribution in [0.25, 0.3) is 0 Å². The minimum atomic E-state index is -0.707. The normalized spacial score (nSPS) is 18.4. The summed E-state index contributed by atoms with van der Waals surface area (Å²) in [6, 6.07) is 5.76. The van der Waals surface area contributed by atoms with E-state index in [2.05, 4.69) is 11.4 Å². The highest BCUT2D eigenvalue weighted by Gasteiger charge is 2.32. The predicted octanol–water partition coefficient (Wildman–Crippen LogP) is 2.93. The van der Waals surface area contributed by atoms with Crippen molar-refractivity contribution < 1.29 is 14.3 Å². The van der Waals surface area contributed by atoms with Gasteiger partial charge in [0.1, 0.15) is 0 Å². The highest BCUT2D eigenvalue weighted by Crippen LogP contribution is 2.30. The van der Waals surface area contributed by atoms with Crippen LogP contribution in [0.4, 0.5) is 9.18 Å². The molecule has 0 spiro atoms. The van der Waals surface area contributed by atoms with Crippen LogP contribution in [0.1, 0.15) is 38.3 Å². The molecule has 5 nitrogen and oxygen atoms in total. The Balaban J connectivity index is 1.95. The molecule has 0 bridgehead atoms. The number of aromatic hydroxyl groups is 1. The maximum atomic E-state index is 13.4. The third-order valence-corrected chi connectivity index (χ3v) is 4.24. The molecule has 1 heterocycles. The number of carbonyl (C=O) groups is 1. The van der Waals surface area contributed by atoms with Crippen LogP contribution in [0, 0.1) is 22.6 Å². The van der Waals surface area contributed by atoms with Crippen molar-refractivity contribution in [3.05, 3.63) is 29.6 Å². The number of likely N-dealkylation sites (tertiary alicyclic amines) is 1. The number of carbonyl (C=O) groups excluding carboxylic acids is 1. The first kappa shape index (κ1) is 16.1. The minimum Gasteiger partial charge on any atom is -0.505 e. The van der Waals surface area contributed by atoms with Gasteiger partial charge in [0.15, 0.2) is 11.6 Å². The summed E-state index contributed by atoms with van der Waals surface area (Å²) in [6.45, 7) is 4.73. The average molecular weight is 305 g/mol. The fourth-order valence-corrected chi connectivity index (χ4v) is 2.47. The average Bonchev–Trinajstić information content (AvgIpc) is 2.50. The van der Waals surface area contributed by atoms with Crippen molar-refractivity contribution in [2.24, 2.45) is 5.41 Å². The Morgan fingerprint density at radius 1 is 1.50 bits per heavy atom. The van der Waals surface area contributed by atoms with Gasteiger partial charge in [0.2, 0.25) is 0 Å². The molecule has 2 rings (SSSR count). The molecule has 1 saturated heterocycles. The van der Waals surface area contributed by atoms with Crippen molar-refractivity contribution in [2.75, 3.05) is 13.1 Å². The third-order valence-electron chi connectivity index (χ3n) is 4.24. The van der Waals surface area contributed by atoms with Crippen LogP contribution in [0.5, 0.6) is 5.75 Å².